The summed E-state index contributed by atoms with van der Waals surface area (Å²) in [6, 6.07) is 9.65. The molecule has 0 radical (unpaired) electrons. The monoisotopic (exact) mass is 372 g/mol. The Hall–Kier alpha value is -1.30. The van der Waals surface area contributed by atoms with E-state index in [-0.39, 0.29) is 11.9 Å². The summed E-state index contributed by atoms with van der Waals surface area (Å²) < 4.78 is 19.3. The number of rotatable bonds is 5. The van der Waals surface area contributed by atoms with Crippen molar-refractivity contribution in [1.29, 1.82) is 0 Å². The third kappa shape index (κ3) is 3.87. The van der Waals surface area contributed by atoms with Crippen LogP contribution < -0.4 is 15.8 Å². The van der Waals surface area contributed by atoms with Crippen molar-refractivity contribution in [3.05, 3.63) is 57.3 Å². The largest absolute Gasteiger partial charge is 0.496 e. The molecule has 0 saturated carbocycles. The molecule has 112 valence electrons. The van der Waals surface area contributed by atoms with Gasteiger partial charge in [0.2, 0.25) is 0 Å². The minimum Gasteiger partial charge on any atom is -0.496 e. The second kappa shape index (κ2) is 7.11. The molecule has 0 bridgehead atoms. The van der Waals surface area contributed by atoms with Crippen molar-refractivity contribution in [2.45, 2.75) is 6.04 Å². The fraction of sp³-hybridized carbons (Fsp3) is 0.200. The second-order valence-corrected chi connectivity index (χ2v) is 5.71. The Balaban J connectivity index is 2.27. The van der Waals surface area contributed by atoms with Gasteiger partial charge in [-0.3, -0.25) is 0 Å². The van der Waals surface area contributed by atoms with E-state index in [1.165, 1.54) is 18.2 Å². The van der Waals surface area contributed by atoms with Gasteiger partial charge < -0.3 is 15.8 Å². The van der Waals surface area contributed by atoms with Crippen molar-refractivity contribution in [1.82, 2.24) is 0 Å². The number of nitrogens with two attached hydrogens (primary N) is 1. The van der Waals surface area contributed by atoms with Crippen LogP contribution in [0.3, 0.4) is 0 Å². The number of benzene rings is 2. The number of anilines is 1. The molecule has 1 unspecified atom stereocenters. The van der Waals surface area contributed by atoms with E-state index in [4.69, 9.17) is 22.1 Å². The van der Waals surface area contributed by atoms with Crippen molar-refractivity contribution < 1.29 is 9.13 Å². The van der Waals surface area contributed by atoms with E-state index in [1.807, 2.05) is 18.2 Å². The van der Waals surface area contributed by atoms with E-state index in [2.05, 4.69) is 21.2 Å². The summed E-state index contributed by atoms with van der Waals surface area (Å²) >= 11 is 9.50. The van der Waals surface area contributed by atoms with Crippen LogP contribution in [0.2, 0.25) is 5.02 Å². The van der Waals surface area contributed by atoms with E-state index < -0.39 is 0 Å². The first kappa shape index (κ1) is 16.1. The smallest absolute Gasteiger partial charge is 0.133 e. The molecule has 21 heavy (non-hydrogen) atoms. The average molecular weight is 374 g/mol. The SMILES string of the molecule is COc1ccc(C(CN)Nc2cc(F)ccc2Cl)cc1Br. The summed E-state index contributed by atoms with van der Waals surface area (Å²) in [6.07, 6.45) is 0. The van der Waals surface area contributed by atoms with Crippen LogP contribution in [0.15, 0.2) is 40.9 Å². The predicted molar refractivity (Wildman–Crippen MR) is 87.5 cm³/mol. The van der Waals surface area contributed by atoms with Gasteiger partial charge in [-0.2, -0.15) is 0 Å². The molecule has 0 saturated heterocycles. The molecule has 2 rings (SSSR count). The Kier molecular flexibility index (Phi) is 5.45. The fourth-order valence-corrected chi connectivity index (χ4v) is 2.70. The zero-order valence-corrected chi connectivity index (χ0v) is 13.7. The average Bonchev–Trinajstić information content (AvgIpc) is 2.48. The van der Waals surface area contributed by atoms with Crippen molar-refractivity contribution in [2.24, 2.45) is 5.73 Å². The summed E-state index contributed by atoms with van der Waals surface area (Å²) in [5, 5.41) is 3.61. The highest BCUT2D eigenvalue weighted by Crippen LogP contribution is 2.31. The molecule has 0 amide bonds. The van der Waals surface area contributed by atoms with Gasteiger partial charge in [0.25, 0.3) is 0 Å². The van der Waals surface area contributed by atoms with Crippen LogP contribution in [-0.2, 0) is 0 Å². The van der Waals surface area contributed by atoms with Gasteiger partial charge in [0, 0.05) is 6.54 Å². The second-order valence-electron chi connectivity index (χ2n) is 4.45. The molecule has 0 aromatic heterocycles. The highest BCUT2D eigenvalue weighted by Gasteiger charge is 2.13. The van der Waals surface area contributed by atoms with Gasteiger partial charge >= 0.3 is 0 Å². The van der Waals surface area contributed by atoms with Crippen molar-refractivity contribution in [2.75, 3.05) is 19.0 Å². The number of nitrogens with one attached hydrogen (secondary N) is 1. The molecule has 1 atom stereocenters. The molecule has 0 aliphatic carbocycles. The Morgan fingerprint density at radius 2 is 2.10 bits per heavy atom. The molecule has 3 N–H and O–H groups in total. The highest BCUT2D eigenvalue weighted by atomic mass is 79.9. The van der Waals surface area contributed by atoms with Gasteiger partial charge in [0.1, 0.15) is 11.6 Å². The molecule has 3 nitrogen and oxygen atoms in total. The molecule has 0 heterocycles. The van der Waals surface area contributed by atoms with E-state index in [1.54, 1.807) is 7.11 Å². The minimum atomic E-state index is -0.353. The zero-order chi connectivity index (χ0) is 15.4. The van der Waals surface area contributed by atoms with Crippen molar-refractivity contribution in [3.63, 3.8) is 0 Å². The van der Waals surface area contributed by atoms with Gasteiger partial charge in [-0.1, -0.05) is 17.7 Å². The maximum absolute atomic E-state index is 13.3. The van der Waals surface area contributed by atoms with E-state index >= 15 is 0 Å². The van der Waals surface area contributed by atoms with Gasteiger partial charge in [-0.15, -0.1) is 0 Å². The summed E-state index contributed by atoms with van der Waals surface area (Å²) in [5.74, 6) is 0.381. The topological polar surface area (TPSA) is 47.3 Å². The predicted octanol–water partition coefficient (Wildman–Crippen LogP) is 4.36. The maximum atomic E-state index is 13.3. The molecule has 0 aliphatic heterocycles. The van der Waals surface area contributed by atoms with Crippen LogP contribution >= 0.6 is 27.5 Å². The number of hydrogen-bond donors (Lipinski definition) is 2. The van der Waals surface area contributed by atoms with Crippen LogP contribution in [0.1, 0.15) is 11.6 Å². The van der Waals surface area contributed by atoms with Gasteiger partial charge in [0.15, 0.2) is 0 Å². The van der Waals surface area contributed by atoms with Crippen molar-refractivity contribution in [3.8, 4) is 5.75 Å². The lowest BCUT2D eigenvalue weighted by atomic mass is 10.1. The number of halogens is 3. The molecule has 6 heteroatoms. The van der Waals surface area contributed by atoms with Crippen LogP contribution in [0, 0.1) is 5.82 Å². The third-order valence-electron chi connectivity index (χ3n) is 3.07. The van der Waals surface area contributed by atoms with Crippen molar-refractivity contribution >= 4 is 33.2 Å². The lowest BCUT2D eigenvalue weighted by Crippen LogP contribution is -2.20. The van der Waals surface area contributed by atoms with Gasteiger partial charge in [0.05, 0.1) is 28.3 Å². The highest BCUT2D eigenvalue weighted by molar-refractivity contribution is 9.10. The standard InChI is InChI=1S/C15H15BrClFN2O/c1-21-15-5-2-9(6-11(15)16)14(8-19)20-13-7-10(18)3-4-12(13)17/h2-7,14,20H,8,19H2,1H3. The molecule has 2 aromatic rings. The first-order valence-electron chi connectivity index (χ1n) is 6.30. The third-order valence-corrected chi connectivity index (χ3v) is 4.02. The Labute approximate surface area is 136 Å². The summed E-state index contributed by atoms with van der Waals surface area (Å²) in [5.41, 5.74) is 7.28. The lowest BCUT2D eigenvalue weighted by Gasteiger charge is -2.20. The molecular weight excluding hydrogens is 359 g/mol. The Bertz CT molecular complexity index is 639. The van der Waals surface area contributed by atoms with Gasteiger partial charge in [-0.25, -0.2) is 4.39 Å². The molecular formula is C15H15BrClFN2O. The summed E-state index contributed by atoms with van der Waals surface area (Å²) in [7, 11) is 1.60. The quantitative estimate of drug-likeness (QED) is 0.818. The Morgan fingerprint density at radius 1 is 1.33 bits per heavy atom. The normalized spacial score (nSPS) is 12.0. The first-order valence-corrected chi connectivity index (χ1v) is 7.47. The van der Waals surface area contributed by atoms with Crippen LogP contribution in [-0.4, -0.2) is 13.7 Å². The summed E-state index contributed by atoms with van der Waals surface area (Å²) in [6.45, 7) is 0.339. The van der Waals surface area contributed by atoms with E-state index in [0.29, 0.717) is 17.3 Å². The number of hydrogen-bond acceptors (Lipinski definition) is 3. The molecule has 0 spiro atoms. The fourth-order valence-electron chi connectivity index (χ4n) is 1.97. The van der Waals surface area contributed by atoms with Crippen LogP contribution in [0.4, 0.5) is 10.1 Å². The van der Waals surface area contributed by atoms with Crippen LogP contribution in [0.25, 0.3) is 0 Å². The zero-order valence-electron chi connectivity index (χ0n) is 11.4. The number of methoxy groups -OCH3 is 1. The number of ether oxygens (including phenoxy) is 1. The minimum absolute atomic E-state index is 0.188. The Morgan fingerprint density at radius 3 is 2.71 bits per heavy atom. The molecule has 0 fully saturated rings. The maximum Gasteiger partial charge on any atom is 0.133 e. The van der Waals surface area contributed by atoms with Gasteiger partial charge in [-0.05, 0) is 51.8 Å². The van der Waals surface area contributed by atoms with E-state index in [9.17, 15) is 4.39 Å². The lowest BCUT2D eigenvalue weighted by molar-refractivity contribution is 0.412. The van der Waals surface area contributed by atoms with Crippen LogP contribution in [0.5, 0.6) is 5.75 Å². The summed E-state index contributed by atoms with van der Waals surface area (Å²) in [4.78, 5) is 0. The molecule has 0 aliphatic rings. The van der Waals surface area contributed by atoms with E-state index in [0.717, 1.165) is 15.8 Å². The molecule has 2 aromatic carbocycles. The first-order chi connectivity index (χ1) is 10.0.